The smallest absolute Gasteiger partial charge is 0.172 e. The van der Waals surface area contributed by atoms with Crippen molar-refractivity contribution in [2.75, 3.05) is 11.1 Å². The van der Waals surface area contributed by atoms with E-state index in [1.54, 1.807) is 4.68 Å². The molecule has 1 atom stereocenters. The summed E-state index contributed by atoms with van der Waals surface area (Å²) in [7, 11) is 0. The molecule has 5 nitrogen and oxygen atoms in total. The van der Waals surface area contributed by atoms with Crippen LogP contribution in [-0.2, 0) is 0 Å². The number of benzene rings is 1. The molecule has 102 valence electrons. The number of rotatable bonds is 4. The summed E-state index contributed by atoms with van der Waals surface area (Å²) in [5.41, 5.74) is 7.39. The van der Waals surface area contributed by atoms with E-state index in [2.05, 4.69) is 23.4 Å². The third kappa shape index (κ3) is 2.21. The maximum Gasteiger partial charge on any atom is 0.172 e. The Morgan fingerprint density at radius 1 is 1.40 bits per heavy atom. The molecule has 1 heterocycles. The fourth-order valence-corrected chi connectivity index (χ4v) is 2.39. The zero-order valence-corrected chi connectivity index (χ0v) is 11.4. The SMILES string of the molecule is CC(C1CC1)n1nc(Nc2ccccc2)c(C#N)c1N. The van der Waals surface area contributed by atoms with Crippen LogP contribution in [0.15, 0.2) is 30.3 Å². The van der Waals surface area contributed by atoms with Crippen LogP contribution in [0, 0.1) is 17.2 Å². The molecule has 0 spiro atoms. The minimum Gasteiger partial charge on any atom is -0.383 e. The Balaban J connectivity index is 1.94. The van der Waals surface area contributed by atoms with Gasteiger partial charge in [0.1, 0.15) is 17.5 Å². The van der Waals surface area contributed by atoms with E-state index in [9.17, 15) is 5.26 Å². The third-order valence-electron chi connectivity index (χ3n) is 3.79. The molecule has 20 heavy (non-hydrogen) atoms. The number of anilines is 3. The first kappa shape index (κ1) is 12.5. The lowest BCUT2D eigenvalue weighted by Crippen LogP contribution is -2.12. The summed E-state index contributed by atoms with van der Waals surface area (Å²) in [6, 6.07) is 12.1. The number of nitrogen functional groups attached to an aromatic ring is 1. The van der Waals surface area contributed by atoms with Crippen molar-refractivity contribution in [2.45, 2.75) is 25.8 Å². The summed E-state index contributed by atoms with van der Waals surface area (Å²) in [5, 5.41) is 17.0. The Labute approximate surface area is 118 Å². The first-order chi connectivity index (χ1) is 9.70. The highest BCUT2D eigenvalue weighted by Gasteiger charge is 2.32. The lowest BCUT2D eigenvalue weighted by Gasteiger charge is -2.12. The second-order valence-electron chi connectivity index (χ2n) is 5.23. The number of aromatic nitrogens is 2. The molecule has 0 saturated heterocycles. The Morgan fingerprint density at radius 3 is 2.70 bits per heavy atom. The molecule has 3 rings (SSSR count). The standard InChI is InChI=1S/C15H17N5/c1-10(11-7-8-11)20-14(17)13(9-16)15(19-20)18-12-5-3-2-4-6-12/h2-6,10-11H,7-8,17H2,1H3,(H,18,19). The zero-order valence-electron chi connectivity index (χ0n) is 11.4. The maximum absolute atomic E-state index is 9.30. The first-order valence-corrected chi connectivity index (χ1v) is 6.81. The van der Waals surface area contributed by atoms with Gasteiger partial charge in [0.05, 0.1) is 6.04 Å². The lowest BCUT2D eigenvalue weighted by molar-refractivity contribution is 0.447. The molecular formula is C15H17N5. The summed E-state index contributed by atoms with van der Waals surface area (Å²) >= 11 is 0. The van der Waals surface area contributed by atoms with E-state index in [4.69, 9.17) is 5.73 Å². The maximum atomic E-state index is 9.30. The number of nitrogens with one attached hydrogen (secondary N) is 1. The average molecular weight is 267 g/mol. The Kier molecular flexibility index (Phi) is 3.07. The molecule has 1 aliphatic rings. The summed E-state index contributed by atoms with van der Waals surface area (Å²) < 4.78 is 1.78. The minimum absolute atomic E-state index is 0.244. The van der Waals surface area contributed by atoms with Crippen molar-refractivity contribution < 1.29 is 0 Å². The summed E-state index contributed by atoms with van der Waals surface area (Å²) in [5.74, 6) is 1.61. The fraction of sp³-hybridized carbons (Fsp3) is 0.333. The zero-order chi connectivity index (χ0) is 14.1. The molecule has 2 aromatic rings. The van der Waals surface area contributed by atoms with Gasteiger partial charge in [-0.05, 0) is 37.8 Å². The van der Waals surface area contributed by atoms with Gasteiger partial charge in [-0.25, -0.2) is 4.68 Å². The number of para-hydroxylation sites is 1. The molecule has 1 aromatic heterocycles. The second kappa shape index (κ2) is 4.89. The van der Waals surface area contributed by atoms with Crippen molar-refractivity contribution in [3.63, 3.8) is 0 Å². The van der Waals surface area contributed by atoms with Crippen LogP contribution in [0.2, 0.25) is 0 Å². The summed E-state index contributed by atoms with van der Waals surface area (Å²) in [6.45, 7) is 2.11. The van der Waals surface area contributed by atoms with Crippen molar-refractivity contribution in [2.24, 2.45) is 5.92 Å². The van der Waals surface area contributed by atoms with Gasteiger partial charge in [0.15, 0.2) is 5.82 Å². The van der Waals surface area contributed by atoms with Crippen molar-refractivity contribution in [3.8, 4) is 6.07 Å². The monoisotopic (exact) mass is 267 g/mol. The van der Waals surface area contributed by atoms with Crippen LogP contribution in [0.4, 0.5) is 17.3 Å². The van der Waals surface area contributed by atoms with Gasteiger partial charge in [-0.2, -0.15) is 10.4 Å². The normalized spacial score (nSPS) is 15.6. The van der Waals surface area contributed by atoms with E-state index in [0.29, 0.717) is 23.1 Å². The summed E-state index contributed by atoms with van der Waals surface area (Å²) in [6.07, 6.45) is 2.42. The van der Waals surface area contributed by atoms with Gasteiger partial charge in [0, 0.05) is 5.69 Å². The van der Waals surface area contributed by atoms with Gasteiger partial charge in [-0.15, -0.1) is 0 Å². The average Bonchev–Trinajstić information content (AvgIpc) is 3.25. The highest BCUT2D eigenvalue weighted by atomic mass is 15.4. The van der Waals surface area contributed by atoms with Gasteiger partial charge < -0.3 is 11.1 Å². The number of nitriles is 1. The first-order valence-electron chi connectivity index (χ1n) is 6.81. The highest BCUT2D eigenvalue weighted by molar-refractivity contribution is 5.69. The van der Waals surface area contributed by atoms with Crippen LogP contribution in [-0.4, -0.2) is 9.78 Å². The van der Waals surface area contributed by atoms with Crippen molar-refractivity contribution >= 4 is 17.3 Å². The number of hydrogen-bond donors (Lipinski definition) is 2. The lowest BCUT2D eigenvalue weighted by atomic mass is 10.2. The minimum atomic E-state index is 0.244. The molecule has 0 bridgehead atoms. The van der Waals surface area contributed by atoms with E-state index in [1.165, 1.54) is 12.8 Å². The van der Waals surface area contributed by atoms with Crippen LogP contribution < -0.4 is 11.1 Å². The third-order valence-corrected chi connectivity index (χ3v) is 3.79. The molecule has 0 aliphatic heterocycles. The van der Waals surface area contributed by atoms with E-state index < -0.39 is 0 Å². The second-order valence-corrected chi connectivity index (χ2v) is 5.23. The predicted molar refractivity (Wildman–Crippen MR) is 78.5 cm³/mol. The number of nitrogens with two attached hydrogens (primary N) is 1. The molecule has 1 aromatic carbocycles. The number of nitrogens with zero attached hydrogens (tertiary/aromatic N) is 3. The van der Waals surface area contributed by atoms with Gasteiger partial charge in [-0.3, -0.25) is 0 Å². The Morgan fingerprint density at radius 2 is 2.10 bits per heavy atom. The molecule has 5 heteroatoms. The van der Waals surface area contributed by atoms with E-state index in [1.807, 2.05) is 30.3 Å². The molecule has 3 N–H and O–H groups in total. The Bertz CT molecular complexity index is 649. The molecule has 1 saturated carbocycles. The molecule has 1 aliphatic carbocycles. The predicted octanol–water partition coefficient (Wildman–Crippen LogP) is 3.05. The van der Waals surface area contributed by atoms with Crippen LogP contribution in [0.25, 0.3) is 0 Å². The number of hydrogen-bond acceptors (Lipinski definition) is 4. The van der Waals surface area contributed by atoms with E-state index >= 15 is 0 Å². The van der Waals surface area contributed by atoms with Crippen LogP contribution in [0.3, 0.4) is 0 Å². The largest absolute Gasteiger partial charge is 0.383 e. The van der Waals surface area contributed by atoms with Gasteiger partial charge in [0.2, 0.25) is 0 Å². The topological polar surface area (TPSA) is 79.7 Å². The molecule has 0 amide bonds. The van der Waals surface area contributed by atoms with Gasteiger partial charge in [0.25, 0.3) is 0 Å². The molecule has 1 fully saturated rings. The molecular weight excluding hydrogens is 250 g/mol. The summed E-state index contributed by atoms with van der Waals surface area (Å²) in [4.78, 5) is 0. The van der Waals surface area contributed by atoms with E-state index in [-0.39, 0.29) is 6.04 Å². The van der Waals surface area contributed by atoms with Crippen LogP contribution in [0.1, 0.15) is 31.4 Å². The van der Waals surface area contributed by atoms with Crippen molar-refractivity contribution in [1.29, 1.82) is 5.26 Å². The van der Waals surface area contributed by atoms with Crippen molar-refractivity contribution in [1.82, 2.24) is 9.78 Å². The van der Waals surface area contributed by atoms with E-state index in [0.717, 1.165) is 5.69 Å². The quantitative estimate of drug-likeness (QED) is 0.892. The van der Waals surface area contributed by atoms with Crippen molar-refractivity contribution in [3.05, 3.63) is 35.9 Å². The fourth-order valence-electron chi connectivity index (χ4n) is 2.39. The highest BCUT2D eigenvalue weighted by Crippen LogP contribution is 2.41. The van der Waals surface area contributed by atoms with Gasteiger partial charge in [-0.1, -0.05) is 18.2 Å². The van der Waals surface area contributed by atoms with Crippen LogP contribution >= 0.6 is 0 Å². The van der Waals surface area contributed by atoms with Gasteiger partial charge >= 0.3 is 0 Å². The van der Waals surface area contributed by atoms with Crippen LogP contribution in [0.5, 0.6) is 0 Å². The molecule has 0 radical (unpaired) electrons. The molecule has 1 unspecified atom stereocenters. The Hall–Kier alpha value is -2.48.